The number of aromatic nitrogens is 2. The van der Waals surface area contributed by atoms with E-state index >= 15 is 0 Å². The van der Waals surface area contributed by atoms with Crippen molar-refractivity contribution in [2.75, 3.05) is 0 Å². The first-order valence-electron chi connectivity index (χ1n) is 10.00. The van der Waals surface area contributed by atoms with Crippen LogP contribution >= 0.6 is 22.7 Å². The van der Waals surface area contributed by atoms with Crippen LogP contribution in [0.2, 0.25) is 0 Å². The number of thiophene rings is 2. The molecule has 4 nitrogen and oxygen atoms in total. The maximum Gasteiger partial charge on any atom is 0.257 e. The fourth-order valence-corrected chi connectivity index (χ4v) is 4.74. The summed E-state index contributed by atoms with van der Waals surface area (Å²) in [6.45, 7) is 4.30. The number of rotatable bonds is 9. The molecule has 1 aromatic carbocycles. The minimum Gasteiger partial charge on any atom is -0.418 e. The molecule has 0 saturated carbocycles. The molecule has 0 amide bonds. The molecule has 0 saturated heterocycles. The van der Waals surface area contributed by atoms with Gasteiger partial charge in [-0.15, -0.1) is 32.9 Å². The van der Waals surface area contributed by atoms with Gasteiger partial charge in [-0.1, -0.05) is 49.7 Å². The first kappa shape index (κ1) is 20.0. The third kappa shape index (κ3) is 4.83. The Hall–Kier alpha value is -2.28. The van der Waals surface area contributed by atoms with Crippen LogP contribution in [0, 0.1) is 0 Å². The van der Waals surface area contributed by atoms with Crippen LogP contribution in [0.4, 0.5) is 0 Å². The highest BCUT2D eigenvalue weighted by Crippen LogP contribution is 2.30. The van der Waals surface area contributed by atoms with Crippen LogP contribution in [0.3, 0.4) is 0 Å². The molecule has 0 aliphatic rings. The Balaban J connectivity index is 1.53. The molecule has 6 heteroatoms. The first-order chi connectivity index (χ1) is 14.2. The molecule has 29 heavy (non-hydrogen) atoms. The van der Waals surface area contributed by atoms with Crippen LogP contribution in [0.1, 0.15) is 60.7 Å². The lowest BCUT2D eigenvalue weighted by atomic mass is 10.0. The van der Waals surface area contributed by atoms with E-state index in [1.54, 1.807) is 22.7 Å². The van der Waals surface area contributed by atoms with Crippen molar-refractivity contribution in [2.45, 2.75) is 45.2 Å². The average molecular weight is 424 g/mol. The molecule has 0 aliphatic heterocycles. The van der Waals surface area contributed by atoms with Crippen molar-refractivity contribution in [3.05, 3.63) is 81.2 Å². The number of aryl methyl sites for hydroxylation is 1. The Kier molecular flexibility index (Phi) is 6.54. The Bertz CT molecular complexity index is 991. The van der Waals surface area contributed by atoms with Crippen molar-refractivity contribution in [1.29, 1.82) is 0 Å². The highest BCUT2D eigenvalue weighted by molar-refractivity contribution is 7.13. The molecule has 0 radical (unpaired) electrons. The molecule has 4 aromatic rings. The van der Waals surface area contributed by atoms with Crippen LogP contribution in [0.25, 0.3) is 10.8 Å². The summed E-state index contributed by atoms with van der Waals surface area (Å²) in [5.74, 6) is 1.19. The number of unbranched alkanes of at least 4 members (excludes halogenated alkanes) is 1. The zero-order valence-corrected chi connectivity index (χ0v) is 18.3. The molecular formula is C23H25N3OS2. The van der Waals surface area contributed by atoms with E-state index in [-0.39, 0.29) is 12.1 Å². The molecule has 0 unspecified atom stereocenters. The monoisotopic (exact) mass is 423 g/mol. The van der Waals surface area contributed by atoms with Crippen LogP contribution in [0.5, 0.6) is 0 Å². The summed E-state index contributed by atoms with van der Waals surface area (Å²) in [5, 5.41) is 16.3. The maximum atomic E-state index is 5.94. The first-order valence-corrected chi connectivity index (χ1v) is 11.8. The summed E-state index contributed by atoms with van der Waals surface area (Å²) in [6.07, 6.45) is 3.58. The summed E-state index contributed by atoms with van der Waals surface area (Å²) in [6, 6.07) is 17.2. The van der Waals surface area contributed by atoms with Crippen molar-refractivity contribution in [3.8, 4) is 10.8 Å². The van der Waals surface area contributed by atoms with Crippen molar-refractivity contribution < 1.29 is 4.42 Å². The van der Waals surface area contributed by atoms with Gasteiger partial charge in [-0.3, -0.25) is 5.32 Å². The number of benzene rings is 1. The van der Waals surface area contributed by atoms with Gasteiger partial charge in [0.15, 0.2) is 0 Å². The normalized spacial score (nSPS) is 13.4. The maximum absolute atomic E-state index is 5.94. The second-order valence-corrected chi connectivity index (χ2v) is 9.03. The second-order valence-electron chi connectivity index (χ2n) is 7.10. The third-order valence-electron chi connectivity index (χ3n) is 4.92. The summed E-state index contributed by atoms with van der Waals surface area (Å²) in [5.41, 5.74) is 2.64. The van der Waals surface area contributed by atoms with Gasteiger partial charge in [0.1, 0.15) is 0 Å². The van der Waals surface area contributed by atoms with Gasteiger partial charge < -0.3 is 4.42 Å². The third-order valence-corrected chi connectivity index (χ3v) is 6.71. The highest BCUT2D eigenvalue weighted by atomic mass is 32.1. The molecular weight excluding hydrogens is 398 g/mol. The van der Waals surface area contributed by atoms with Gasteiger partial charge in [0.05, 0.1) is 17.0 Å². The molecule has 3 aromatic heterocycles. The van der Waals surface area contributed by atoms with E-state index in [1.807, 2.05) is 17.5 Å². The van der Waals surface area contributed by atoms with Crippen molar-refractivity contribution in [1.82, 2.24) is 15.5 Å². The summed E-state index contributed by atoms with van der Waals surface area (Å²) < 4.78 is 5.94. The van der Waals surface area contributed by atoms with Crippen molar-refractivity contribution in [3.63, 3.8) is 0 Å². The molecule has 1 N–H and O–H groups in total. The summed E-state index contributed by atoms with van der Waals surface area (Å²) in [7, 11) is 0. The smallest absolute Gasteiger partial charge is 0.257 e. The second kappa shape index (κ2) is 9.48. The van der Waals surface area contributed by atoms with Crippen molar-refractivity contribution in [2.24, 2.45) is 0 Å². The molecule has 0 fully saturated rings. The largest absolute Gasteiger partial charge is 0.418 e. The van der Waals surface area contributed by atoms with Crippen LogP contribution in [-0.4, -0.2) is 10.2 Å². The van der Waals surface area contributed by atoms with Gasteiger partial charge in [-0.25, -0.2) is 0 Å². The van der Waals surface area contributed by atoms with E-state index in [9.17, 15) is 0 Å². The lowest BCUT2D eigenvalue weighted by Crippen LogP contribution is -2.25. The Morgan fingerprint density at radius 3 is 2.48 bits per heavy atom. The Morgan fingerprint density at radius 2 is 1.79 bits per heavy atom. The molecule has 3 heterocycles. The van der Waals surface area contributed by atoms with Crippen molar-refractivity contribution >= 4 is 22.7 Å². The minimum absolute atomic E-state index is 0.0666. The lowest BCUT2D eigenvalue weighted by molar-refractivity contribution is 0.405. The van der Waals surface area contributed by atoms with E-state index < -0.39 is 0 Å². The van der Waals surface area contributed by atoms with E-state index in [4.69, 9.17) is 4.42 Å². The minimum atomic E-state index is -0.0666. The van der Waals surface area contributed by atoms with Crippen LogP contribution in [-0.2, 0) is 6.42 Å². The molecule has 150 valence electrons. The number of nitrogens with one attached hydrogen (secondary N) is 1. The van der Waals surface area contributed by atoms with Gasteiger partial charge in [-0.05, 0) is 53.8 Å². The molecule has 0 aliphatic carbocycles. The topological polar surface area (TPSA) is 51.0 Å². The van der Waals surface area contributed by atoms with E-state index in [0.717, 1.165) is 11.3 Å². The quantitative estimate of drug-likeness (QED) is 0.328. The van der Waals surface area contributed by atoms with Gasteiger partial charge in [0.2, 0.25) is 5.89 Å². The van der Waals surface area contributed by atoms with Crippen LogP contribution < -0.4 is 5.32 Å². The molecule has 2 atom stereocenters. The molecule has 0 bridgehead atoms. The fourth-order valence-electron chi connectivity index (χ4n) is 3.29. The Labute approximate surface area is 179 Å². The van der Waals surface area contributed by atoms with E-state index in [2.05, 4.69) is 71.1 Å². The number of hydrogen-bond acceptors (Lipinski definition) is 6. The standard InChI is InChI=1S/C23H25N3OS2/c1-3-4-7-17-10-12-18(13-11-17)21(19-8-5-14-28-19)24-16(2)22-25-26-23(27-22)20-9-6-15-29-20/h5-6,8-16,21,24H,3-4,7H2,1-2H3/t16-,21+/m1/s1. The lowest BCUT2D eigenvalue weighted by Gasteiger charge is -2.21. The van der Waals surface area contributed by atoms with E-state index in [0.29, 0.717) is 11.8 Å². The molecule has 0 spiro atoms. The van der Waals surface area contributed by atoms with Gasteiger partial charge in [-0.2, -0.15) is 0 Å². The number of nitrogens with zero attached hydrogens (tertiary/aromatic N) is 2. The van der Waals surface area contributed by atoms with Crippen LogP contribution in [0.15, 0.2) is 63.7 Å². The Morgan fingerprint density at radius 1 is 1.00 bits per heavy atom. The van der Waals surface area contributed by atoms with Gasteiger partial charge in [0.25, 0.3) is 5.89 Å². The predicted octanol–water partition coefficient (Wildman–Crippen LogP) is 6.64. The number of hydrogen-bond donors (Lipinski definition) is 1. The fraction of sp³-hybridized carbons (Fsp3) is 0.304. The highest BCUT2D eigenvalue weighted by Gasteiger charge is 2.22. The average Bonchev–Trinajstić information content (AvgIpc) is 3.51. The zero-order valence-electron chi connectivity index (χ0n) is 16.7. The predicted molar refractivity (Wildman–Crippen MR) is 120 cm³/mol. The SMILES string of the molecule is CCCCc1ccc([C@H](N[C@H](C)c2nnc(-c3cccs3)o2)c2cccs2)cc1. The van der Waals surface area contributed by atoms with E-state index in [1.165, 1.54) is 28.8 Å². The summed E-state index contributed by atoms with van der Waals surface area (Å²) >= 11 is 3.36. The molecule has 4 rings (SSSR count). The zero-order chi connectivity index (χ0) is 20.1. The summed E-state index contributed by atoms with van der Waals surface area (Å²) in [4.78, 5) is 2.27. The van der Waals surface area contributed by atoms with Gasteiger partial charge >= 0.3 is 0 Å². The van der Waals surface area contributed by atoms with Gasteiger partial charge in [0, 0.05) is 4.88 Å².